The molecule has 2 aromatic carbocycles. The number of rotatable bonds is 7. The highest BCUT2D eigenvalue weighted by atomic mass is 35.5. The minimum absolute atomic E-state index is 0.0199. The lowest BCUT2D eigenvalue weighted by molar-refractivity contribution is 0.0474. The molecule has 9 heteroatoms. The van der Waals surface area contributed by atoms with Crippen molar-refractivity contribution < 1.29 is 27.5 Å². The molecule has 0 amide bonds. The first-order valence-corrected chi connectivity index (χ1v) is 9.55. The van der Waals surface area contributed by atoms with Crippen molar-refractivity contribution >= 4 is 33.4 Å². The van der Waals surface area contributed by atoms with E-state index in [1.807, 2.05) is 0 Å². The Hall–Kier alpha value is -2.42. The number of Topliss-reactive ketones (excluding diaryl/α,β-unsaturated/α-hetero) is 1. The topological polar surface area (TPSA) is 90.0 Å². The molecule has 144 valence electrons. The van der Waals surface area contributed by atoms with Gasteiger partial charge in [-0.2, -0.15) is 0 Å². The number of carbonyl (C=O) groups is 2. The number of halogens is 1. The van der Waals surface area contributed by atoms with Crippen LogP contribution >= 0.6 is 11.6 Å². The van der Waals surface area contributed by atoms with Crippen molar-refractivity contribution in [2.24, 2.45) is 0 Å². The van der Waals surface area contributed by atoms with E-state index >= 15 is 0 Å². The fourth-order valence-electron chi connectivity index (χ4n) is 2.12. The average Bonchev–Trinajstić information content (AvgIpc) is 2.65. The van der Waals surface area contributed by atoms with Crippen LogP contribution in [0.5, 0.6) is 5.75 Å². The van der Waals surface area contributed by atoms with Crippen LogP contribution < -0.4 is 4.74 Å². The van der Waals surface area contributed by atoms with Crippen LogP contribution in [0.3, 0.4) is 0 Å². The molecule has 0 aliphatic carbocycles. The number of hydrogen-bond donors (Lipinski definition) is 0. The van der Waals surface area contributed by atoms with Crippen molar-refractivity contribution in [2.45, 2.75) is 4.90 Å². The van der Waals surface area contributed by atoms with E-state index in [0.29, 0.717) is 11.3 Å². The molecule has 0 spiro atoms. The van der Waals surface area contributed by atoms with E-state index in [4.69, 9.17) is 21.1 Å². The van der Waals surface area contributed by atoms with Crippen LogP contribution in [-0.4, -0.2) is 52.3 Å². The number of nitrogens with zero attached hydrogens (tertiary/aromatic N) is 1. The summed E-state index contributed by atoms with van der Waals surface area (Å²) < 4.78 is 35.4. The quantitative estimate of drug-likeness (QED) is 0.514. The molecule has 7 nitrogen and oxygen atoms in total. The van der Waals surface area contributed by atoms with E-state index in [9.17, 15) is 18.0 Å². The van der Waals surface area contributed by atoms with Gasteiger partial charge in [0, 0.05) is 19.7 Å². The van der Waals surface area contributed by atoms with E-state index in [0.717, 1.165) is 10.4 Å². The molecule has 0 saturated carbocycles. The van der Waals surface area contributed by atoms with E-state index in [1.165, 1.54) is 39.4 Å². The van der Waals surface area contributed by atoms with Gasteiger partial charge in [-0.05, 0) is 30.3 Å². The van der Waals surface area contributed by atoms with Gasteiger partial charge in [-0.3, -0.25) is 4.79 Å². The number of methoxy groups -OCH3 is 1. The fourth-order valence-corrected chi connectivity index (χ4v) is 3.24. The number of hydrogen-bond acceptors (Lipinski definition) is 6. The second-order valence-corrected chi connectivity index (χ2v) is 8.22. The number of ketones is 1. The van der Waals surface area contributed by atoms with Crippen LogP contribution in [0.1, 0.15) is 20.7 Å². The van der Waals surface area contributed by atoms with E-state index in [2.05, 4.69) is 0 Å². The SMILES string of the molecule is COc1cccc(C(=O)COC(=O)c2cc(S(=O)(=O)N(C)C)ccc2Cl)c1. The first kappa shape index (κ1) is 20.9. The first-order chi connectivity index (χ1) is 12.7. The van der Waals surface area contributed by atoms with Gasteiger partial charge in [0.2, 0.25) is 10.0 Å². The maximum atomic E-state index is 12.3. The number of esters is 1. The van der Waals surface area contributed by atoms with Gasteiger partial charge >= 0.3 is 5.97 Å². The Bertz CT molecular complexity index is 972. The standard InChI is InChI=1S/C18H18ClNO6S/c1-20(2)27(23,24)14-7-8-16(19)15(10-14)18(22)26-11-17(21)12-5-4-6-13(9-12)25-3/h4-10H,11H2,1-3H3. The predicted octanol–water partition coefficient (Wildman–Crippen LogP) is 2.64. The summed E-state index contributed by atoms with van der Waals surface area (Å²) in [6.45, 7) is -0.521. The Morgan fingerprint density at radius 1 is 1.11 bits per heavy atom. The summed E-state index contributed by atoms with van der Waals surface area (Å²) in [7, 11) is 0.467. The van der Waals surface area contributed by atoms with Crippen molar-refractivity contribution in [1.82, 2.24) is 4.31 Å². The largest absolute Gasteiger partial charge is 0.497 e. The highest BCUT2D eigenvalue weighted by Gasteiger charge is 2.22. The summed E-state index contributed by atoms with van der Waals surface area (Å²) in [6.07, 6.45) is 0. The van der Waals surface area contributed by atoms with Crippen LogP contribution in [0, 0.1) is 0 Å². The number of benzene rings is 2. The second-order valence-electron chi connectivity index (χ2n) is 5.66. The van der Waals surface area contributed by atoms with Crippen molar-refractivity contribution in [3.8, 4) is 5.75 Å². The Balaban J connectivity index is 2.17. The highest BCUT2D eigenvalue weighted by Crippen LogP contribution is 2.23. The molecule has 2 aromatic rings. The molecule has 0 aliphatic rings. The van der Waals surface area contributed by atoms with Gasteiger partial charge in [-0.15, -0.1) is 0 Å². The average molecular weight is 412 g/mol. The summed E-state index contributed by atoms with van der Waals surface area (Å²) in [5.41, 5.74) is 0.176. The van der Waals surface area contributed by atoms with Crippen molar-refractivity contribution in [2.75, 3.05) is 27.8 Å². The van der Waals surface area contributed by atoms with Gasteiger partial charge in [0.15, 0.2) is 12.4 Å². The van der Waals surface area contributed by atoms with E-state index < -0.39 is 28.4 Å². The lowest BCUT2D eigenvalue weighted by atomic mass is 10.1. The third kappa shape index (κ3) is 4.85. The van der Waals surface area contributed by atoms with Crippen LogP contribution in [0.25, 0.3) is 0 Å². The van der Waals surface area contributed by atoms with Gasteiger partial charge < -0.3 is 9.47 Å². The Morgan fingerprint density at radius 3 is 2.44 bits per heavy atom. The molecule has 0 aliphatic heterocycles. The van der Waals surface area contributed by atoms with Gasteiger partial charge in [0.1, 0.15) is 5.75 Å². The minimum atomic E-state index is -3.75. The van der Waals surface area contributed by atoms with Gasteiger partial charge in [0.05, 0.1) is 22.6 Å². The van der Waals surface area contributed by atoms with Crippen LogP contribution in [0.15, 0.2) is 47.4 Å². The Morgan fingerprint density at radius 2 is 1.81 bits per heavy atom. The molecular weight excluding hydrogens is 394 g/mol. The van der Waals surface area contributed by atoms with Crippen molar-refractivity contribution in [1.29, 1.82) is 0 Å². The molecule has 0 heterocycles. The van der Waals surface area contributed by atoms with Gasteiger partial charge in [-0.1, -0.05) is 23.7 Å². The summed E-state index contributed by atoms with van der Waals surface area (Å²) >= 11 is 5.98. The smallest absolute Gasteiger partial charge is 0.340 e. The molecular formula is C18H18ClNO6S. The number of sulfonamides is 1. The minimum Gasteiger partial charge on any atom is -0.497 e. The maximum Gasteiger partial charge on any atom is 0.340 e. The van der Waals surface area contributed by atoms with Gasteiger partial charge in [-0.25, -0.2) is 17.5 Å². The number of ether oxygens (including phenoxy) is 2. The first-order valence-electron chi connectivity index (χ1n) is 7.73. The molecule has 0 unspecified atom stereocenters. The van der Waals surface area contributed by atoms with Crippen LogP contribution in [-0.2, 0) is 14.8 Å². The number of carbonyl (C=O) groups excluding carboxylic acids is 2. The summed E-state index contributed by atoms with van der Waals surface area (Å²) in [5, 5.41) is 0.0199. The third-order valence-electron chi connectivity index (χ3n) is 3.66. The molecule has 0 N–H and O–H groups in total. The zero-order chi connectivity index (χ0) is 20.2. The fraction of sp³-hybridized carbons (Fsp3) is 0.222. The molecule has 0 aromatic heterocycles. The summed E-state index contributed by atoms with van der Waals surface area (Å²) in [6, 6.07) is 10.1. The molecule has 0 bridgehead atoms. The molecule has 0 radical (unpaired) electrons. The third-order valence-corrected chi connectivity index (χ3v) is 5.80. The highest BCUT2D eigenvalue weighted by molar-refractivity contribution is 7.89. The monoisotopic (exact) mass is 411 g/mol. The van der Waals surface area contributed by atoms with E-state index in [1.54, 1.807) is 18.2 Å². The van der Waals surface area contributed by atoms with Crippen molar-refractivity contribution in [3.05, 3.63) is 58.6 Å². The van der Waals surface area contributed by atoms with Gasteiger partial charge in [0.25, 0.3) is 0 Å². The van der Waals surface area contributed by atoms with Crippen LogP contribution in [0.4, 0.5) is 0 Å². The molecule has 0 saturated heterocycles. The van der Waals surface area contributed by atoms with E-state index in [-0.39, 0.29) is 15.5 Å². The maximum absolute atomic E-state index is 12.3. The molecule has 27 heavy (non-hydrogen) atoms. The molecule has 0 atom stereocenters. The normalized spacial score (nSPS) is 11.3. The summed E-state index contributed by atoms with van der Waals surface area (Å²) in [4.78, 5) is 24.4. The van der Waals surface area contributed by atoms with Crippen LogP contribution in [0.2, 0.25) is 5.02 Å². The Labute approximate surface area is 162 Å². The zero-order valence-corrected chi connectivity index (χ0v) is 16.5. The predicted molar refractivity (Wildman–Crippen MR) is 99.9 cm³/mol. The second kappa shape index (κ2) is 8.51. The molecule has 0 fully saturated rings. The van der Waals surface area contributed by atoms with Crippen molar-refractivity contribution in [3.63, 3.8) is 0 Å². The zero-order valence-electron chi connectivity index (χ0n) is 14.9. The molecule has 2 rings (SSSR count). The lowest BCUT2D eigenvalue weighted by Gasteiger charge is -2.13. The summed E-state index contributed by atoms with van der Waals surface area (Å²) in [5.74, 6) is -0.834. The Kier molecular flexibility index (Phi) is 6.59. The lowest BCUT2D eigenvalue weighted by Crippen LogP contribution is -2.22.